The van der Waals surface area contributed by atoms with Crippen LogP contribution in [0.2, 0.25) is 0 Å². The van der Waals surface area contributed by atoms with E-state index in [0.717, 1.165) is 40.4 Å². The van der Waals surface area contributed by atoms with Gasteiger partial charge in [-0.05, 0) is 84.7 Å². The molecule has 0 radical (unpaired) electrons. The van der Waals surface area contributed by atoms with E-state index in [1.54, 1.807) is 36.5 Å². The van der Waals surface area contributed by atoms with Crippen molar-refractivity contribution < 1.29 is 18.0 Å². The molecule has 37 heavy (non-hydrogen) atoms. The Hall–Kier alpha value is -4.29. The highest BCUT2D eigenvalue weighted by Gasteiger charge is 2.30. The van der Waals surface area contributed by atoms with Gasteiger partial charge in [-0.2, -0.15) is 18.2 Å². The van der Waals surface area contributed by atoms with E-state index in [1.807, 2.05) is 36.2 Å². The number of anilines is 6. The van der Waals surface area contributed by atoms with E-state index in [1.165, 1.54) is 12.1 Å². The van der Waals surface area contributed by atoms with Crippen LogP contribution in [0.1, 0.15) is 5.56 Å². The van der Waals surface area contributed by atoms with Crippen LogP contribution in [0.3, 0.4) is 0 Å². The van der Waals surface area contributed by atoms with E-state index in [9.17, 15) is 18.0 Å². The van der Waals surface area contributed by atoms with Gasteiger partial charge in [0.05, 0.1) is 5.56 Å². The highest BCUT2D eigenvalue weighted by atomic mass is 32.2. The summed E-state index contributed by atoms with van der Waals surface area (Å²) in [6.07, 6.45) is -2.79. The number of amides is 2. The zero-order chi connectivity index (χ0) is 26.4. The third-order valence-electron chi connectivity index (χ3n) is 5.19. The van der Waals surface area contributed by atoms with Gasteiger partial charge in [-0.15, -0.1) is 0 Å². The molecular formula is C25H22F3N7OS. The lowest BCUT2D eigenvalue weighted by atomic mass is 10.2. The molecule has 0 aliphatic rings. The quantitative estimate of drug-likeness (QED) is 0.201. The first kappa shape index (κ1) is 25.8. The lowest BCUT2D eigenvalue weighted by Crippen LogP contribution is -2.19. The first-order valence-corrected chi connectivity index (χ1v) is 11.8. The smallest absolute Gasteiger partial charge is 0.329 e. The molecule has 0 saturated carbocycles. The number of nitrogens with zero attached hydrogens (tertiary/aromatic N) is 3. The van der Waals surface area contributed by atoms with E-state index >= 15 is 0 Å². The van der Waals surface area contributed by atoms with Gasteiger partial charge in [-0.1, -0.05) is 6.07 Å². The Kier molecular flexibility index (Phi) is 7.80. The zero-order valence-electron chi connectivity index (χ0n) is 19.5. The van der Waals surface area contributed by atoms with Crippen LogP contribution < -0.4 is 26.0 Å². The second-order valence-corrected chi connectivity index (χ2v) is 8.48. The standard InChI is InChI=1S/C25H22F3N7OS/c1-35(22-13-14-30-23(34-22)31-19-3-2-4-21(15-19)37-29)20-11-9-18(10-12-20)33-24(36)32-17-7-5-16(6-8-17)25(26,27)28/h2-15H,29H2,1H3,(H,30,31,34)(H2,32,33,36). The van der Waals surface area contributed by atoms with Crippen molar-refractivity contribution >= 4 is 52.5 Å². The predicted octanol–water partition coefficient (Wildman–Crippen LogP) is 6.62. The van der Waals surface area contributed by atoms with Gasteiger partial charge < -0.3 is 20.9 Å². The fourth-order valence-electron chi connectivity index (χ4n) is 3.31. The molecule has 0 bridgehead atoms. The molecule has 0 unspecified atom stereocenters. The summed E-state index contributed by atoms with van der Waals surface area (Å²) in [5.74, 6) is 1.06. The Labute approximate surface area is 215 Å². The number of halogens is 3. The minimum absolute atomic E-state index is 0.239. The van der Waals surface area contributed by atoms with Crippen molar-refractivity contribution in [1.82, 2.24) is 9.97 Å². The number of carbonyl (C=O) groups excluding carboxylic acids is 1. The average Bonchev–Trinajstić information content (AvgIpc) is 2.89. The molecule has 0 spiro atoms. The highest BCUT2D eigenvalue weighted by Crippen LogP contribution is 2.30. The Morgan fingerprint density at radius 1 is 0.919 bits per heavy atom. The van der Waals surface area contributed by atoms with Crippen LogP contribution in [0.15, 0.2) is 90.0 Å². The van der Waals surface area contributed by atoms with E-state index < -0.39 is 17.8 Å². The van der Waals surface area contributed by atoms with Crippen molar-refractivity contribution in [2.24, 2.45) is 5.14 Å². The Morgan fingerprint density at radius 3 is 2.19 bits per heavy atom. The van der Waals surface area contributed by atoms with Crippen molar-refractivity contribution in [3.05, 3.63) is 90.6 Å². The fraction of sp³-hybridized carbons (Fsp3) is 0.0800. The Morgan fingerprint density at radius 2 is 1.57 bits per heavy atom. The first-order valence-electron chi connectivity index (χ1n) is 10.9. The molecule has 8 nitrogen and oxygen atoms in total. The third-order valence-corrected chi connectivity index (χ3v) is 5.72. The lowest BCUT2D eigenvalue weighted by molar-refractivity contribution is -0.137. The Balaban J connectivity index is 1.37. The first-order chi connectivity index (χ1) is 17.7. The van der Waals surface area contributed by atoms with Gasteiger partial charge in [0.25, 0.3) is 0 Å². The molecule has 4 rings (SSSR count). The molecule has 1 heterocycles. The molecule has 3 aromatic carbocycles. The van der Waals surface area contributed by atoms with Crippen molar-refractivity contribution in [2.45, 2.75) is 11.1 Å². The molecule has 12 heteroatoms. The van der Waals surface area contributed by atoms with Gasteiger partial charge in [-0.3, -0.25) is 5.14 Å². The second kappa shape index (κ2) is 11.2. The van der Waals surface area contributed by atoms with Crippen LogP contribution in [0.4, 0.5) is 52.5 Å². The number of benzene rings is 3. The number of aromatic nitrogens is 2. The monoisotopic (exact) mass is 525 g/mol. The third kappa shape index (κ3) is 6.90. The summed E-state index contributed by atoms with van der Waals surface area (Å²) < 4.78 is 38.1. The van der Waals surface area contributed by atoms with Gasteiger partial charge in [0.15, 0.2) is 0 Å². The van der Waals surface area contributed by atoms with Gasteiger partial charge in [-0.25, -0.2) is 9.78 Å². The summed E-state index contributed by atoms with van der Waals surface area (Å²) >= 11 is 1.15. The summed E-state index contributed by atoms with van der Waals surface area (Å²) in [4.78, 5) is 23.8. The topological polar surface area (TPSA) is 108 Å². The molecule has 5 N–H and O–H groups in total. The number of rotatable bonds is 7. The Bertz CT molecular complexity index is 1370. The van der Waals surface area contributed by atoms with E-state index in [2.05, 4.69) is 25.9 Å². The molecule has 0 aliphatic heterocycles. The van der Waals surface area contributed by atoms with Crippen LogP contribution in [-0.4, -0.2) is 23.0 Å². The summed E-state index contributed by atoms with van der Waals surface area (Å²) in [6, 6.07) is 19.9. The minimum atomic E-state index is -4.44. The van der Waals surface area contributed by atoms with Crippen LogP contribution in [0.25, 0.3) is 0 Å². The lowest BCUT2D eigenvalue weighted by Gasteiger charge is -2.19. The molecule has 2 amide bonds. The number of urea groups is 1. The number of nitrogens with one attached hydrogen (secondary N) is 3. The zero-order valence-corrected chi connectivity index (χ0v) is 20.3. The van der Waals surface area contributed by atoms with Crippen molar-refractivity contribution in [1.29, 1.82) is 0 Å². The summed E-state index contributed by atoms with van der Waals surface area (Å²) in [5.41, 5.74) is 1.57. The van der Waals surface area contributed by atoms with E-state index in [-0.39, 0.29) is 5.69 Å². The number of hydrogen-bond donors (Lipinski definition) is 4. The number of alkyl halides is 3. The molecule has 190 valence electrons. The van der Waals surface area contributed by atoms with Crippen LogP contribution >= 0.6 is 11.9 Å². The van der Waals surface area contributed by atoms with Gasteiger partial charge in [0, 0.05) is 40.9 Å². The normalized spacial score (nSPS) is 11.1. The molecule has 0 atom stereocenters. The number of carbonyl (C=O) groups is 1. The maximum Gasteiger partial charge on any atom is 0.416 e. The van der Waals surface area contributed by atoms with Gasteiger partial charge >= 0.3 is 12.2 Å². The fourth-order valence-corrected chi connectivity index (χ4v) is 3.66. The van der Waals surface area contributed by atoms with E-state index in [0.29, 0.717) is 17.5 Å². The summed E-state index contributed by atoms with van der Waals surface area (Å²) in [7, 11) is 1.84. The maximum atomic E-state index is 12.7. The number of hydrogen-bond acceptors (Lipinski definition) is 7. The van der Waals surface area contributed by atoms with Crippen molar-refractivity contribution in [2.75, 3.05) is 27.9 Å². The molecular weight excluding hydrogens is 503 g/mol. The van der Waals surface area contributed by atoms with Crippen LogP contribution in [0.5, 0.6) is 0 Å². The van der Waals surface area contributed by atoms with Crippen LogP contribution in [-0.2, 0) is 6.18 Å². The molecule has 4 aromatic rings. The van der Waals surface area contributed by atoms with Crippen molar-refractivity contribution in [3.63, 3.8) is 0 Å². The molecule has 0 fully saturated rings. The van der Waals surface area contributed by atoms with Gasteiger partial charge in [0.2, 0.25) is 5.95 Å². The summed E-state index contributed by atoms with van der Waals surface area (Å²) in [5, 5.41) is 13.9. The SMILES string of the molecule is CN(c1ccc(NC(=O)Nc2ccc(C(F)(F)F)cc2)cc1)c1ccnc(Nc2cccc(SN)c2)n1. The minimum Gasteiger partial charge on any atom is -0.329 e. The molecule has 0 aliphatic carbocycles. The van der Waals surface area contributed by atoms with Crippen molar-refractivity contribution in [3.8, 4) is 0 Å². The maximum absolute atomic E-state index is 12.7. The van der Waals surface area contributed by atoms with E-state index in [4.69, 9.17) is 5.14 Å². The molecule has 1 aromatic heterocycles. The highest BCUT2D eigenvalue weighted by molar-refractivity contribution is 7.97. The second-order valence-electron chi connectivity index (χ2n) is 7.77. The summed E-state index contributed by atoms with van der Waals surface area (Å²) in [6.45, 7) is 0. The van der Waals surface area contributed by atoms with Gasteiger partial charge in [0.1, 0.15) is 5.82 Å². The largest absolute Gasteiger partial charge is 0.416 e. The van der Waals surface area contributed by atoms with Crippen LogP contribution in [0, 0.1) is 0 Å². The molecule has 0 saturated heterocycles. The number of nitrogens with two attached hydrogens (primary N) is 1. The average molecular weight is 526 g/mol. The predicted molar refractivity (Wildman–Crippen MR) is 140 cm³/mol.